The van der Waals surface area contributed by atoms with Crippen molar-refractivity contribution >= 4 is 17.0 Å². The number of hydrogen-bond acceptors (Lipinski definition) is 6. The van der Waals surface area contributed by atoms with Crippen molar-refractivity contribution in [1.29, 1.82) is 5.26 Å². The quantitative estimate of drug-likeness (QED) is 0.507. The van der Waals surface area contributed by atoms with Gasteiger partial charge < -0.3 is 15.0 Å². The first-order valence-corrected chi connectivity index (χ1v) is 10.6. The molecule has 10 heteroatoms. The predicted molar refractivity (Wildman–Crippen MR) is 112 cm³/mol. The van der Waals surface area contributed by atoms with Gasteiger partial charge in [0.15, 0.2) is 11.5 Å². The minimum absolute atomic E-state index is 0.0192. The SMILES string of the molecule is N#Cc1nc(NCCCC(O)C2CCC2)c2c(ncn2Cc2ccc(C(F)(F)F)cc2)n1. The van der Waals surface area contributed by atoms with E-state index in [0.29, 0.717) is 41.4 Å². The molecule has 1 aliphatic carbocycles. The third-order valence-electron chi connectivity index (χ3n) is 5.87. The number of imidazole rings is 1. The van der Waals surface area contributed by atoms with Crippen LogP contribution in [0, 0.1) is 17.2 Å². The summed E-state index contributed by atoms with van der Waals surface area (Å²) in [7, 11) is 0. The van der Waals surface area contributed by atoms with Crippen LogP contribution < -0.4 is 5.32 Å². The van der Waals surface area contributed by atoms with Gasteiger partial charge in [-0.3, -0.25) is 0 Å². The van der Waals surface area contributed by atoms with Crippen LogP contribution in [0.1, 0.15) is 49.1 Å². The molecular formula is C22H23F3N6O. The molecule has 1 aromatic carbocycles. The third kappa shape index (κ3) is 4.83. The van der Waals surface area contributed by atoms with Gasteiger partial charge in [-0.1, -0.05) is 18.6 Å². The zero-order valence-corrected chi connectivity index (χ0v) is 17.3. The molecule has 0 radical (unpaired) electrons. The molecule has 7 nitrogen and oxygen atoms in total. The molecule has 1 unspecified atom stereocenters. The van der Waals surface area contributed by atoms with E-state index in [2.05, 4.69) is 20.3 Å². The van der Waals surface area contributed by atoms with Gasteiger partial charge in [-0.2, -0.15) is 28.4 Å². The molecule has 168 valence electrons. The summed E-state index contributed by atoms with van der Waals surface area (Å²) in [4.78, 5) is 12.6. The van der Waals surface area contributed by atoms with E-state index >= 15 is 0 Å². The van der Waals surface area contributed by atoms with Gasteiger partial charge in [0.2, 0.25) is 5.82 Å². The maximum Gasteiger partial charge on any atom is 0.416 e. The topological polar surface area (TPSA) is 99.6 Å². The number of alkyl halides is 3. The van der Waals surface area contributed by atoms with Crippen LogP contribution in [-0.4, -0.2) is 37.3 Å². The van der Waals surface area contributed by atoms with Gasteiger partial charge in [0, 0.05) is 13.1 Å². The maximum atomic E-state index is 12.8. The monoisotopic (exact) mass is 444 g/mol. The first kappa shape index (κ1) is 22.0. The maximum absolute atomic E-state index is 12.8. The Balaban J connectivity index is 1.50. The lowest BCUT2D eigenvalue weighted by atomic mass is 9.80. The van der Waals surface area contributed by atoms with Gasteiger partial charge in [-0.05, 0) is 49.3 Å². The molecule has 1 fully saturated rings. The van der Waals surface area contributed by atoms with Crippen molar-refractivity contribution in [1.82, 2.24) is 19.5 Å². The summed E-state index contributed by atoms with van der Waals surface area (Å²) in [6.45, 7) is 0.825. The Morgan fingerprint density at radius 2 is 1.97 bits per heavy atom. The number of aliphatic hydroxyl groups is 1. The first-order chi connectivity index (χ1) is 15.3. The highest BCUT2D eigenvalue weighted by atomic mass is 19.4. The average Bonchev–Trinajstić information content (AvgIpc) is 3.12. The minimum Gasteiger partial charge on any atom is -0.393 e. The van der Waals surface area contributed by atoms with Crippen LogP contribution in [0.3, 0.4) is 0 Å². The number of nitrogens with zero attached hydrogens (tertiary/aromatic N) is 5. The molecule has 1 saturated carbocycles. The number of fused-ring (bicyclic) bond motifs is 1. The summed E-state index contributed by atoms with van der Waals surface area (Å²) in [5.41, 5.74) is 0.866. The molecule has 1 aliphatic rings. The highest BCUT2D eigenvalue weighted by Crippen LogP contribution is 2.31. The van der Waals surface area contributed by atoms with Crippen molar-refractivity contribution in [3.05, 3.63) is 47.5 Å². The van der Waals surface area contributed by atoms with Gasteiger partial charge in [0.1, 0.15) is 11.6 Å². The molecule has 32 heavy (non-hydrogen) atoms. The molecule has 0 saturated heterocycles. The number of anilines is 1. The van der Waals surface area contributed by atoms with E-state index in [1.54, 1.807) is 4.57 Å². The standard InChI is InChI=1S/C22H23F3N6O/c23-22(24,25)16-8-6-14(7-9-16)12-31-13-28-21-19(31)20(29-18(11-26)30-21)27-10-2-5-17(32)15-3-1-4-15/h6-9,13,15,17,32H,1-5,10,12H2,(H,27,29,30). The molecule has 2 N–H and O–H groups in total. The highest BCUT2D eigenvalue weighted by molar-refractivity contribution is 5.83. The number of halogens is 3. The second-order valence-corrected chi connectivity index (χ2v) is 8.07. The molecule has 4 rings (SSSR count). The molecule has 0 amide bonds. The molecule has 2 heterocycles. The molecular weight excluding hydrogens is 421 g/mol. The summed E-state index contributed by atoms with van der Waals surface area (Å²) >= 11 is 0. The van der Waals surface area contributed by atoms with Crippen molar-refractivity contribution in [2.75, 3.05) is 11.9 Å². The van der Waals surface area contributed by atoms with Crippen molar-refractivity contribution in [3.8, 4) is 6.07 Å². The van der Waals surface area contributed by atoms with Gasteiger partial charge >= 0.3 is 6.18 Å². The van der Waals surface area contributed by atoms with E-state index in [1.165, 1.54) is 24.9 Å². The fraction of sp³-hybridized carbons (Fsp3) is 0.455. The van der Waals surface area contributed by atoms with Crippen LogP contribution in [0.5, 0.6) is 0 Å². The van der Waals surface area contributed by atoms with Crippen LogP contribution in [-0.2, 0) is 12.7 Å². The second-order valence-electron chi connectivity index (χ2n) is 8.07. The lowest BCUT2D eigenvalue weighted by molar-refractivity contribution is -0.137. The number of aliphatic hydroxyl groups excluding tert-OH is 1. The Bertz CT molecular complexity index is 1120. The summed E-state index contributed by atoms with van der Waals surface area (Å²) in [6.07, 6.45) is 1.61. The number of nitrogens with one attached hydrogen (secondary N) is 1. The molecule has 1 atom stereocenters. The fourth-order valence-corrected chi connectivity index (χ4v) is 3.85. The Morgan fingerprint density at radius 1 is 1.22 bits per heavy atom. The summed E-state index contributed by atoms with van der Waals surface area (Å²) < 4.78 is 40.2. The average molecular weight is 444 g/mol. The highest BCUT2D eigenvalue weighted by Gasteiger charge is 2.30. The van der Waals surface area contributed by atoms with Gasteiger partial charge in [-0.25, -0.2) is 4.98 Å². The van der Waals surface area contributed by atoms with Crippen molar-refractivity contribution in [2.45, 2.75) is 50.9 Å². The number of benzene rings is 1. The van der Waals surface area contributed by atoms with E-state index in [-0.39, 0.29) is 18.5 Å². The molecule has 0 bridgehead atoms. The third-order valence-corrected chi connectivity index (χ3v) is 5.87. The van der Waals surface area contributed by atoms with Crippen molar-refractivity contribution in [2.24, 2.45) is 5.92 Å². The van der Waals surface area contributed by atoms with Crippen LogP contribution >= 0.6 is 0 Å². The smallest absolute Gasteiger partial charge is 0.393 e. The van der Waals surface area contributed by atoms with Gasteiger partial charge in [0.05, 0.1) is 18.0 Å². The lowest BCUT2D eigenvalue weighted by Crippen LogP contribution is -2.27. The lowest BCUT2D eigenvalue weighted by Gasteiger charge is -2.30. The minimum atomic E-state index is -4.38. The largest absolute Gasteiger partial charge is 0.416 e. The van der Waals surface area contributed by atoms with Crippen LogP contribution in [0.25, 0.3) is 11.2 Å². The van der Waals surface area contributed by atoms with Gasteiger partial charge in [-0.15, -0.1) is 0 Å². The number of nitriles is 1. The Labute approximate surface area is 182 Å². The van der Waals surface area contributed by atoms with E-state index in [4.69, 9.17) is 0 Å². The zero-order chi connectivity index (χ0) is 22.7. The summed E-state index contributed by atoms with van der Waals surface area (Å²) in [6, 6.07) is 6.86. The summed E-state index contributed by atoms with van der Waals surface area (Å²) in [5.74, 6) is 0.819. The molecule has 3 aromatic rings. The predicted octanol–water partition coefficient (Wildman–Crippen LogP) is 4.12. The Hall–Kier alpha value is -3.19. The summed E-state index contributed by atoms with van der Waals surface area (Å²) in [5, 5.41) is 22.6. The normalized spacial score (nSPS) is 15.3. The number of hydrogen-bond donors (Lipinski definition) is 2. The Morgan fingerprint density at radius 3 is 2.59 bits per heavy atom. The van der Waals surface area contributed by atoms with E-state index in [0.717, 1.165) is 31.4 Å². The van der Waals surface area contributed by atoms with E-state index in [9.17, 15) is 23.5 Å². The van der Waals surface area contributed by atoms with Crippen molar-refractivity contribution in [3.63, 3.8) is 0 Å². The van der Waals surface area contributed by atoms with Crippen LogP contribution in [0.15, 0.2) is 30.6 Å². The van der Waals surface area contributed by atoms with Crippen LogP contribution in [0.4, 0.5) is 19.0 Å². The Kier molecular flexibility index (Phi) is 6.28. The fourth-order valence-electron chi connectivity index (χ4n) is 3.85. The van der Waals surface area contributed by atoms with Crippen molar-refractivity contribution < 1.29 is 18.3 Å². The van der Waals surface area contributed by atoms with Crippen LogP contribution in [0.2, 0.25) is 0 Å². The molecule has 0 aliphatic heterocycles. The molecule has 2 aromatic heterocycles. The van der Waals surface area contributed by atoms with Gasteiger partial charge in [0.25, 0.3) is 0 Å². The zero-order valence-electron chi connectivity index (χ0n) is 17.3. The van der Waals surface area contributed by atoms with E-state index in [1.807, 2.05) is 6.07 Å². The first-order valence-electron chi connectivity index (χ1n) is 10.6. The second kappa shape index (κ2) is 9.12. The molecule has 0 spiro atoms. The number of aromatic nitrogens is 4. The van der Waals surface area contributed by atoms with E-state index < -0.39 is 11.7 Å². The number of rotatable bonds is 8.